The molecule has 9 heteroatoms. The Morgan fingerprint density at radius 1 is 1.27 bits per heavy atom. The minimum absolute atomic E-state index is 0. The molecule has 0 saturated carbocycles. The van der Waals surface area contributed by atoms with E-state index in [1.165, 1.54) is 0 Å². The molecule has 4 nitrogen and oxygen atoms in total. The third-order valence-corrected chi connectivity index (χ3v) is 4.33. The van der Waals surface area contributed by atoms with E-state index < -0.39 is 17.6 Å². The van der Waals surface area contributed by atoms with Gasteiger partial charge in [-0.15, -0.1) is 12.4 Å². The topological polar surface area (TPSA) is 58.4 Å². The Morgan fingerprint density at radius 2 is 2.00 bits per heavy atom. The van der Waals surface area contributed by atoms with Crippen LogP contribution in [0.25, 0.3) is 0 Å². The molecule has 0 bridgehead atoms. The molecule has 1 aromatic carbocycles. The van der Waals surface area contributed by atoms with Crippen molar-refractivity contribution in [2.24, 2.45) is 5.73 Å². The highest BCUT2D eigenvalue weighted by molar-refractivity contribution is 5.85. The first-order valence-corrected chi connectivity index (χ1v) is 8.37. The average Bonchev–Trinajstić information content (AvgIpc) is 2.53. The van der Waals surface area contributed by atoms with E-state index in [1.54, 1.807) is 0 Å². The number of nitrogens with zero attached hydrogens (tertiary/aromatic N) is 1. The summed E-state index contributed by atoms with van der Waals surface area (Å²) in [5, 5.41) is 2.80. The van der Waals surface area contributed by atoms with Gasteiger partial charge in [0.1, 0.15) is 5.82 Å². The molecule has 1 aromatic rings. The quantitative estimate of drug-likeness (QED) is 0.725. The second kappa shape index (κ2) is 10.1. The molecular weight excluding hydrogens is 374 g/mol. The lowest BCUT2D eigenvalue weighted by Gasteiger charge is -2.36. The molecule has 3 N–H and O–H groups in total. The van der Waals surface area contributed by atoms with Gasteiger partial charge in [0.15, 0.2) is 0 Å². The molecule has 1 unspecified atom stereocenters. The molecule has 1 aliphatic heterocycles. The van der Waals surface area contributed by atoms with Crippen LogP contribution >= 0.6 is 12.4 Å². The van der Waals surface area contributed by atoms with Gasteiger partial charge in [-0.3, -0.25) is 9.69 Å². The van der Waals surface area contributed by atoms with E-state index in [-0.39, 0.29) is 49.4 Å². The van der Waals surface area contributed by atoms with Gasteiger partial charge in [0, 0.05) is 32.1 Å². The highest BCUT2D eigenvalue weighted by atomic mass is 35.5. The van der Waals surface area contributed by atoms with Crippen LogP contribution in [0.4, 0.5) is 17.6 Å². The monoisotopic (exact) mass is 397 g/mol. The third kappa shape index (κ3) is 6.74. The largest absolute Gasteiger partial charge is 0.416 e. The number of rotatable bonds is 6. The van der Waals surface area contributed by atoms with Crippen molar-refractivity contribution in [3.8, 4) is 0 Å². The molecule has 0 spiro atoms. The number of halogens is 5. The van der Waals surface area contributed by atoms with Gasteiger partial charge in [0.2, 0.25) is 5.91 Å². The van der Waals surface area contributed by atoms with E-state index in [0.717, 1.165) is 31.4 Å². The van der Waals surface area contributed by atoms with E-state index in [9.17, 15) is 22.4 Å². The van der Waals surface area contributed by atoms with Crippen molar-refractivity contribution in [3.05, 3.63) is 35.1 Å². The molecule has 1 fully saturated rings. The number of likely N-dealkylation sites (tertiary alicyclic amines) is 1. The number of hydrogen-bond acceptors (Lipinski definition) is 3. The fraction of sp³-hybridized carbons (Fsp3) is 0.588. The predicted octanol–water partition coefficient (Wildman–Crippen LogP) is 3.09. The molecule has 1 aliphatic rings. The van der Waals surface area contributed by atoms with Crippen molar-refractivity contribution in [1.29, 1.82) is 0 Å². The number of benzene rings is 1. The Kier molecular flexibility index (Phi) is 8.79. The minimum atomic E-state index is -4.58. The number of nitrogens with one attached hydrogen (secondary N) is 1. The molecule has 0 aliphatic carbocycles. The van der Waals surface area contributed by atoms with E-state index in [4.69, 9.17) is 5.73 Å². The van der Waals surface area contributed by atoms with Crippen molar-refractivity contribution in [2.45, 2.75) is 44.4 Å². The van der Waals surface area contributed by atoms with E-state index in [2.05, 4.69) is 5.32 Å². The first-order chi connectivity index (χ1) is 11.8. The van der Waals surface area contributed by atoms with Crippen molar-refractivity contribution < 1.29 is 22.4 Å². The van der Waals surface area contributed by atoms with Crippen molar-refractivity contribution in [3.63, 3.8) is 0 Å². The predicted molar refractivity (Wildman–Crippen MR) is 93.4 cm³/mol. The third-order valence-electron chi connectivity index (χ3n) is 4.33. The van der Waals surface area contributed by atoms with Crippen LogP contribution in [-0.2, 0) is 17.5 Å². The first kappa shape index (κ1) is 22.7. The maximum Gasteiger partial charge on any atom is 0.416 e. The molecule has 1 amide bonds. The fourth-order valence-electron chi connectivity index (χ4n) is 3.09. The minimum Gasteiger partial charge on any atom is -0.354 e. The Balaban J connectivity index is 0.00000338. The fourth-order valence-corrected chi connectivity index (χ4v) is 3.09. The van der Waals surface area contributed by atoms with Crippen molar-refractivity contribution in [2.75, 3.05) is 19.6 Å². The summed E-state index contributed by atoms with van der Waals surface area (Å²) in [5.41, 5.74) is 4.64. The SMILES string of the molecule is Cl.NCCC(=O)NCC1CCCCN1Cc1cc(F)cc(C(F)(F)F)c1. The second-order valence-corrected chi connectivity index (χ2v) is 6.31. The molecule has 26 heavy (non-hydrogen) atoms. The van der Waals surface area contributed by atoms with Gasteiger partial charge in [-0.2, -0.15) is 13.2 Å². The summed E-state index contributed by atoms with van der Waals surface area (Å²) >= 11 is 0. The summed E-state index contributed by atoms with van der Waals surface area (Å²) in [4.78, 5) is 13.6. The molecule has 148 valence electrons. The standard InChI is InChI=1S/C17H23F4N3O.ClH/c18-14-8-12(7-13(9-14)17(19,20)21)11-24-6-2-1-3-15(24)10-23-16(25)4-5-22;/h7-9,15H,1-6,10-11,22H2,(H,23,25);1H. The number of hydrogen-bond donors (Lipinski definition) is 2. The molecule has 2 rings (SSSR count). The Bertz CT molecular complexity index is 598. The van der Waals surface area contributed by atoms with Crippen LogP contribution in [0.3, 0.4) is 0 Å². The van der Waals surface area contributed by atoms with E-state index in [0.29, 0.717) is 19.2 Å². The van der Waals surface area contributed by atoms with Crippen molar-refractivity contribution >= 4 is 18.3 Å². The van der Waals surface area contributed by atoms with Gasteiger partial charge in [-0.05, 0) is 43.1 Å². The smallest absolute Gasteiger partial charge is 0.354 e. The summed E-state index contributed by atoms with van der Waals surface area (Å²) in [7, 11) is 0. The second-order valence-electron chi connectivity index (χ2n) is 6.31. The van der Waals surface area contributed by atoms with Gasteiger partial charge in [-0.25, -0.2) is 4.39 Å². The Morgan fingerprint density at radius 3 is 2.65 bits per heavy atom. The van der Waals surface area contributed by atoms with Gasteiger partial charge in [-0.1, -0.05) is 6.42 Å². The van der Waals surface area contributed by atoms with Gasteiger partial charge < -0.3 is 11.1 Å². The van der Waals surface area contributed by atoms with Crippen LogP contribution in [0.15, 0.2) is 18.2 Å². The van der Waals surface area contributed by atoms with Crippen LogP contribution in [-0.4, -0.2) is 36.5 Å². The number of carbonyl (C=O) groups is 1. The number of piperidine rings is 1. The van der Waals surface area contributed by atoms with E-state index >= 15 is 0 Å². The lowest BCUT2D eigenvalue weighted by Crippen LogP contribution is -2.46. The van der Waals surface area contributed by atoms with Crippen molar-refractivity contribution in [1.82, 2.24) is 10.2 Å². The number of alkyl halides is 3. The molecule has 1 heterocycles. The summed E-state index contributed by atoms with van der Waals surface area (Å²) in [6.07, 6.45) is -1.58. The maximum absolute atomic E-state index is 13.6. The maximum atomic E-state index is 13.6. The number of amides is 1. The molecule has 0 aromatic heterocycles. The molecule has 1 atom stereocenters. The Hall–Kier alpha value is -1.38. The zero-order valence-corrected chi connectivity index (χ0v) is 15.1. The molecule has 0 radical (unpaired) electrons. The van der Waals surface area contributed by atoms with Crippen LogP contribution < -0.4 is 11.1 Å². The van der Waals surface area contributed by atoms with Crippen LogP contribution in [0.2, 0.25) is 0 Å². The summed E-state index contributed by atoms with van der Waals surface area (Å²) in [6, 6.07) is 2.65. The van der Waals surface area contributed by atoms with Gasteiger partial charge >= 0.3 is 6.18 Å². The number of carbonyl (C=O) groups excluding carboxylic acids is 1. The first-order valence-electron chi connectivity index (χ1n) is 8.37. The summed E-state index contributed by atoms with van der Waals surface area (Å²) < 4.78 is 52.1. The molecular formula is C17H24ClF4N3O. The average molecular weight is 398 g/mol. The molecule has 1 saturated heterocycles. The van der Waals surface area contributed by atoms with E-state index in [1.807, 2.05) is 4.90 Å². The number of nitrogens with two attached hydrogens (primary N) is 1. The summed E-state index contributed by atoms with van der Waals surface area (Å²) in [5.74, 6) is -1.03. The van der Waals surface area contributed by atoms with Gasteiger partial charge in [0.05, 0.1) is 5.56 Å². The zero-order valence-electron chi connectivity index (χ0n) is 14.3. The highest BCUT2D eigenvalue weighted by Gasteiger charge is 2.32. The highest BCUT2D eigenvalue weighted by Crippen LogP contribution is 2.31. The Labute approximate surface area is 156 Å². The zero-order chi connectivity index (χ0) is 18.4. The normalized spacial score (nSPS) is 18.3. The van der Waals surface area contributed by atoms with Crippen LogP contribution in [0.1, 0.15) is 36.8 Å². The lowest BCUT2D eigenvalue weighted by molar-refractivity contribution is -0.137. The lowest BCUT2D eigenvalue weighted by atomic mass is 10.0. The van der Waals surface area contributed by atoms with Crippen LogP contribution in [0.5, 0.6) is 0 Å². The van der Waals surface area contributed by atoms with Gasteiger partial charge in [0.25, 0.3) is 0 Å². The summed E-state index contributed by atoms with van der Waals surface area (Å²) in [6.45, 7) is 1.61. The van der Waals surface area contributed by atoms with Crippen LogP contribution in [0, 0.1) is 5.82 Å².